The maximum atomic E-state index is 13.2. The molecule has 0 radical (unpaired) electrons. The van der Waals surface area contributed by atoms with E-state index in [1.807, 2.05) is 6.92 Å². The van der Waals surface area contributed by atoms with Crippen molar-refractivity contribution < 1.29 is 19.1 Å². The van der Waals surface area contributed by atoms with Crippen molar-refractivity contribution in [3.8, 4) is 0 Å². The number of carbonyl (C=O) groups is 2. The van der Waals surface area contributed by atoms with Gasteiger partial charge in [0.2, 0.25) is 0 Å². The Labute approximate surface area is 125 Å². The summed E-state index contributed by atoms with van der Waals surface area (Å²) >= 11 is 1.21. The molecular weight excluding hydrogens is 293 g/mol. The van der Waals surface area contributed by atoms with E-state index in [2.05, 4.69) is 5.32 Å². The van der Waals surface area contributed by atoms with Crippen LogP contribution >= 0.6 is 11.3 Å². The zero-order valence-electron chi connectivity index (χ0n) is 11.8. The molecule has 1 unspecified atom stereocenters. The van der Waals surface area contributed by atoms with E-state index in [1.165, 1.54) is 30.4 Å². The highest BCUT2D eigenvalue weighted by atomic mass is 32.1. The highest BCUT2D eigenvalue weighted by molar-refractivity contribution is 7.20. The molecule has 21 heavy (non-hydrogen) atoms. The fraction of sp³-hybridized carbons (Fsp3) is 0.333. The molecule has 1 amide bonds. The molecule has 0 saturated heterocycles. The molecule has 0 spiro atoms. The topological polar surface area (TPSA) is 66.4 Å². The molecule has 0 aliphatic heterocycles. The average molecular weight is 309 g/mol. The number of thiophene rings is 1. The van der Waals surface area contributed by atoms with Crippen LogP contribution in [0.25, 0.3) is 10.1 Å². The minimum absolute atomic E-state index is 0.341. The molecular formula is C15H16FNO3S. The maximum Gasteiger partial charge on any atom is 0.329 e. The van der Waals surface area contributed by atoms with Gasteiger partial charge in [-0.15, -0.1) is 11.3 Å². The zero-order chi connectivity index (χ0) is 15.6. The lowest BCUT2D eigenvalue weighted by Crippen LogP contribution is -2.51. The van der Waals surface area contributed by atoms with Gasteiger partial charge in [-0.2, -0.15) is 0 Å². The van der Waals surface area contributed by atoms with E-state index in [1.54, 1.807) is 12.1 Å². The molecule has 1 heterocycles. The fourth-order valence-electron chi connectivity index (χ4n) is 2.16. The van der Waals surface area contributed by atoms with Gasteiger partial charge in [-0.1, -0.05) is 13.3 Å². The molecule has 2 rings (SSSR count). The van der Waals surface area contributed by atoms with Crippen molar-refractivity contribution >= 4 is 33.3 Å². The number of amides is 1. The molecule has 0 aliphatic carbocycles. The number of aliphatic carboxylic acids is 1. The fourth-order valence-corrected chi connectivity index (χ4v) is 3.10. The lowest BCUT2D eigenvalue weighted by atomic mass is 9.96. The van der Waals surface area contributed by atoms with Crippen LogP contribution in [0.1, 0.15) is 36.4 Å². The smallest absolute Gasteiger partial charge is 0.329 e. The molecule has 1 aromatic carbocycles. The van der Waals surface area contributed by atoms with E-state index < -0.39 is 17.4 Å². The number of rotatable bonds is 5. The van der Waals surface area contributed by atoms with E-state index in [0.717, 1.165) is 4.70 Å². The van der Waals surface area contributed by atoms with Gasteiger partial charge in [0.1, 0.15) is 11.4 Å². The Hall–Kier alpha value is -1.95. The third kappa shape index (κ3) is 3.21. The zero-order valence-corrected chi connectivity index (χ0v) is 12.6. The first kappa shape index (κ1) is 15.4. The van der Waals surface area contributed by atoms with Crippen LogP contribution in [0.4, 0.5) is 4.39 Å². The minimum Gasteiger partial charge on any atom is -0.480 e. The van der Waals surface area contributed by atoms with Crippen molar-refractivity contribution in [2.45, 2.75) is 32.2 Å². The first-order valence-corrected chi connectivity index (χ1v) is 7.42. The van der Waals surface area contributed by atoms with Crippen molar-refractivity contribution in [3.05, 3.63) is 35.0 Å². The molecule has 1 aromatic heterocycles. The quantitative estimate of drug-likeness (QED) is 0.889. The van der Waals surface area contributed by atoms with Crippen LogP contribution in [0, 0.1) is 5.82 Å². The summed E-state index contributed by atoms with van der Waals surface area (Å²) < 4.78 is 13.9. The van der Waals surface area contributed by atoms with Crippen LogP contribution in [0.15, 0.2) is 24.3 Å². The van der Waals surface area contributed by atoms with Crippen LogP contribution < -0.4 is 5.32 Å². The Kier molecular flexibility index (Phi) is 4.27. The predicted molar refractivity (Wildman–Crippen MR) is 80.2 cm³/mol. The van der Waals surface area contributed by atoms with Crippen molar-refractivity contribution in [1.29, 1.82) is 0 Å². The van der Waals surface area contributed by atoms with Crippen molar-refractivity contribution in [2.24, 2.45) is 0 Å². The molecule has 6 heteroatoms. The summed E-state index contributed by atoms with van der Waals surface area (Å²) in [5.41, 5.74) is -1.30. The number of benzene rings is 1. The molecule has 112 valence electrons. The van der Waals surface area contributed by atoms with Gasteiger partial charge in [-0.05, 0) is 43.0 Å². The van der Waals surface area contributed by atoms with Crippen LogP contribution in [0.2, 0.25) is 0 Å². The predicted octanol–water partition coefficient (Wildman–Crippen LogP) is 3.41. The Morgan fingerprint density at radius 3 is 2.71 bits per heavy atom. The molecule has 0 fully saturated rings. The Balaban J connectivity index is 2.27. The summed E-state index contributed by atoms with van der Waals surface area (Å²) in [6.07, 6.45) is 0.980. The van der Waals surface area contributed by atoms with Gasteiger partial charge in [0, 0.05) is 4.70 Å². The average Bonchev–Trinajstić information content (AvgIpc) is 2.81. The molecule has 0 saturated carbocycles. The summed E-state index contributed by atoms with van der Waals surface area (Å²) in [4.78, 5) is 23.9. The number of halogens is 1. The van der Waals surface area contributed by atoms with Gasteiger partial charge in [0.25, 0.3) is 5.91 Å². The number of fused-ring (bicyclic) bond motifs is 1. The van der Waals surface area contributed by atoms with Crippen molar-refractivity contribution in [3.63, 3.8) is 0 Å². The van der Waals surface area contributed by atoms with Crippen LogP contribution in [0.3, 0.4) is 0 Å². The number of carboxylic acids is 1. The number of nitrogens with one attached hydrogen (secondary N) is 1. The molecule has 2 aromatic rings. The van der Waals surface area contributed by atoms with E-state index in [9.17, 15) is 19.1 Å². The first-order chi connectivity index (χ1) is 9.85. The largest absolute Gasteiger partial charge is 0.480 e. The van der Waals surface area contributed by atoms with Crippen LogP contribution in [-0.2, 0) is 4.79 Å². The molecule has 4 nitrogen and oxygen atoms in total. The SMILES string of the molecule is CCCC(C)(NC(=O)c1cc2cc(F)ccc2s1)C(=O)O. The normalized spacial score (nSPS) is 13.9. The standard InChI is InChI=1S/C15H16FNO3S/c1-3-6-15(2,14(19)20)17-13(18)12-8-9-7-10(16)4-5-11(9)21-12/h4-5,7-8H,3,6H2,1-2H3,(H,17,18)(H,19,20). The monoisotopic (exact) mass is 309 g/mol. The van der Waals surface area contributed by atoms with Gasteiger partial charge < -0.3 is 10.4 Å². The second-order valence-electron chi connectivity index (χ2n) is 5.13. The van der Waals surface area contributed by atoms with E-state index in [4.69, 9.17) is 0 Å². The molecule has 0 aliphatic rings. The minimum atomic E-state index is -1.30. The first-order valence-electron chi connectivity index (χ1n) is 6.61. The number of carboxylic acid groups (broad SMARTS) is 1. The van der Waals surface area contributed by atoms with Gasteiger partial charge >= 0.3 is 5.97 Å². The molecule has 2 N–H and O–H groups in total. The number of hydrogen-bond acceptors (Lipinski definition) is 3. The Bertz CT molecular complexity index is 697. The van der Waals surface area contributed by atoms with E-state index >= 15 is 0 Å². The van der Waals surface area contributed by atoms with Crippen LogP contribution in [-0.4, -0.2) is 22.5 Å². The maximum absolute atomic E-state index is 13.2. The highest BCUT2D eigenvalue weighted by Crippen LogP contribution is 2.27. The lowest BCUT2D eigenvalue weighted by Gasteiger charge is -2.25. The number of hydrogen-bond donors (Lipinski definition) is 2. The third-order valence-electron chi connectivity index (χ3n) is 3.31. The molecule has 0 bridgehead atoms. The Morgan fingerprint density at radius 1 is 1.38 bits per heavy atom. The second kappa shape index (κ2) is 5.81. The van der Waals surface area contributed by atoms with Gasteiger partial charge in [0.15, 0.2) is 0 Å². The highest BCUT2D eigenvalue weighted by Gasteiger charge is 2.34. The summed E-state index contributed by atoms with van der Waals surface area (Å²) in [5, 5.41) is 12.5. The van der Waals surface area contributed by atoms with Crippen LogP contribution in [0.5, 0.6) is 0 Å². The van der Waals surface area contributed by atoms with Gasteiger partial charge in [-0.25, -0.2) is 9.18 Å². The van der Waals surface area contributed by atoms with E-state index in [0.29, 0.717) is 23.1 Å². The summed E-state index contributed by atoms with van der Waals surface area (Å²) in [6, 6.07) is 5.87. The van der Waals surface area contributed by atoms with E-state index in [-0.39, 0.29) is 5.82 Å². The van der Waals surface area contributed by atoms with Crippen molar-refractivity contribution in [2.75, 3.05) is 0 Å². The number of carbonyl (C=O) groups excluding carboxylic acids is 1. The summed E-state index contributed by atoms with van der Waals surface area (Å²) in [5.74, 6) is -1.88. The Morgan fingerprint density at radius 2 is 2.10 bits per heavy atom. The summed E-state index contributed by atoms with van der Waals surface area (Å²) in [7, 11) is 0. The van der Waals surface area contributed by atoms with Crippen molar-refractivity contribution in [1.82, 2.24) is 5.32 Å². The summed E-state index contributed by atoms with van der Waals surface area (Å²) in [6.45, 7) is 3.35. The molecule has 1 atom stereocenters. The van der Waals surface area contributed by atoms with Gasteiger partial charge in [0.05, 0.1) is 4.88 Å². The van der Waals surface area contributed by atoms with Gasteiger partial charge in [-0.3, -0.25) is 4.79 Å². The lowest BCUT2D eigenvalue weighted by molar-refractivity contribution is -0.144. The third-order valence-corrected chi connectivity index (χ3v) is 4.43. The second-order valence-corrected chi connectivity index (χ2v) is 6.22.